The molecule has 2 rings (SSSR count). The van der Waals surface area contributed by atoms with E-state index in [0.29, 0.717) is 11.4 Å². The fourth-order valence-corrected chi connectivity index (χ4v) is 3.06. The van der Waals surface area contributed by atoms with Crippen LogP contribution in [0.2, 0.25) is 5.02 Å². The number of hydrogen-bond donors (Lipinski definition) is 1. The van der Waals surface area contributed by atoms with Gasteiger partial charge in [0.2, 0.25) is 0 Å². The predicted octanol–water partition coefficient (Wildman–Crippen LogP) is 5.11. The molecule has 1 nitrogen and oxygen atoms in total. The third kappa shape index (κ3) is 4.13. The molecule has 0 aliphatic heterocycles. The van der Waals surface area contributed by atoms with Gasteiger partial charge in [-0.3, -0.25) is 0 Å². The molecule has 5 heteroatoms. The van der Waals surface area contributed by atoms with Crippen LogP contribution < -0.4 is 5.32 Å². The van der Waals surface area contributed by atoms with Crippen LogP contribution >= 0.6 is 11.6 Å². The van der Waals surface area contributed by atoms with Crippen molar-refractivity contribution in [3.8, 4) is 0 Å². The van der Waals surface area contributed by atoms with Gasteiger partial charge in [-0.1, -0.05) is 30.2 Å². The third-order valence-electron chi connectivity index (χ3n) is 3.97. The van der Waals surface area contributed by atoms with Crippen LogP contribution in [0.5, 0.6) is 0 Å². The summed E-state index contributed by atoms with van der Waals surface area (Å²) in [5, 5.41) is 3.95. The second-order valence-corrected chi connectivity index (χ2v) is 5.98. The van der Waals surface area contributed by atoms with E-state index in [-0.39, 0.29) is 24.9 Å². The van der Waals surface area contributed by atoms with E-state index in [2.05, 4.69) is 5.32 Å². The fourth-order valence-electron chi connectivity index (χ4n) is 2.86. The maximum atomic E-state index is 12.8. The molecule has 20 heavy (non-hydrogen) atoms. The van der Waals surface area contributed by atoms with E-state index in [1.165, 1.54) is 0 Å². The zero-order chi connectivity index (χ0) is 14.8. The molecule has 0 saturated heterocycles. The lowest BCUT2D eigenvalue weighted by Gasteiger charge is -2.33. The average Bonchev–Trinajstić information content (AvgIpc) is 2.38. The van der Waals surface area contributed by atoms with Gasteiger partial charge in [0.1, 0.15) is 0 Å². The fraction of sp³-hybridized carbons (Fsp3) is 0.600. The van der Waals surface area contributed by atoms with Crippen molar-refractivity contribution >= 4 is 11.6 Å². The third-order valence-corrected chi connectivity index (χ3v) is 4.21. The van der Waals surface area contributed by atoms with Gasteiger partial charge in [0.25, 0.3) is 0 Å². The molecule has 3 atom stereocenters. The minimum atomic E-state index is -4.07. The number of halogens is 4. The molecule has 1 aliphatic rings. The molecule has 1 saturated carbocycles. The van der Waals surface area contributed by atoms with Crippen LogP contribution in [0.4, 0.5) is 13.2 Å². The summed E-state index contributed by atoms with van der Waals surface area (Å²) in [5.41, 5.74) is 1.01. The largest absolute Gasteiger partial charge is 0.391 e. The summed E-state index contributed by atoms with van der Waals surface area (Å²) < 4.78 is 38.3. The first-order chi connectivity index (χ1) is 9.36. The maximum absolute atomic E-state index is 12.8. The molecular weight excluding hydrogens is 287 g/mol. The van der Waals surface area contributed by atoms with Gasteiger partial charge in [-0.15, -0.1) is 0 Å². The molecule has 0 bridgehead atoms. The minimum absolute atomic E-state index is 0.00526. The van der Waals surface area contributed by atoms with Crippen molar-refractivity contribution in [3.05, 3.63) is 34.9 Å². The van der Waals surface area contributed by atoms with Crippen LogP contribution in [0.15, 0.2) is 24.3 Å². The summed E-state index contributed by atoms with van der Waals surface area (Å²) in [6.07, 6.45) is -2.21. The number of alkyl halides is 3. The Kier molecular flexibility index (Phi) is 4.97. The normalized spacial score (nSPS) is 25.4. The Hall–Kier alpha value is -0.740. The zero-order valence-electron chi connectivity index (χ0n) is 11.4. The number of nitrogens with one attached hydrogen (secondary N) is 1. The smallest absolute Gasteiger partial charge is 0.307 e. The monoisotopic (exact) mass is 305 g/mol. The molecule has 1 N–H and O–H groups in total. The SMILES string of the molecule is CC(NC1CCCC(C(F)(F)F)C1)c1cccc(Cl)c1. The van der Waals surface area contributed by atoms with Gasteiger partial charge in [-0.2, -0.15) is 13.2 Å². The van der Waals surface area contributed by atoms with E-state index in [0.717, 1.165) is 12.0 Å². The molecule has 0 aromatic heterocycles. The Morgan fingerprint density at radius 2 is 2.05 bits per heavy atom. The Bertz CT molecular complexity index is 447. The second kappa shape index (κ2) is 6.35. The van der Waals surface area contributed by atoms with Crippen molar-refractivity contribution in [2.45, 2.75) is 50.9 Å². The van der Waals surface area contributed by atoms with E-state index in [4.69, 9.17) is 11.6 Å². The van der Waals surface area contributed by atoms with Gasteiger partial charge in [0.05, 0.1) is 5.92 Å². The molecule has 0 radical (unpaired) electrons. The van der Waals surface area contributed by atoms with Gasteiger partial charge in [-0.05, 0) is 43.9 Å². The van der Waals surface area contributed by atoms with Crippen LogP contribution in [0.3, 0.4) is 0 Å². The summed E-state index contributed by atoms with van der Waals surface area (Å²) in [5.74, 6) is -1.17. The van der Waals surface area contributed by atoms with Crippen LogP contribution in [-0.4, -0.2) is 12.2 Å². The maximum Gasteiger partial charge on any atom is 0.391 e. The average molecular weight is 306 g/mol. The van der Waals surface area contributed by atoms with Gasteiger partial charge >= 0.3 is 6.18 Å². The van der Waals surface area contributed by atoms with Crippen LogP contribution in [0, 0.1) is 5.92 Å². The van der Waals surface area contributed by atoms with Crippen molar-refractivity contribution in [2.24, 2.45) is 5.92 Å². The first kappa shape index (κ1) is 15.6. The first-order valence-electron chi connectivity index (χ1n) is 6.94. The van der Waals surface area contributed by atoms with Gasteiger partial charge < -0.3 is 5.32 Å². The summed E-state index contributed by atoms with van der Waals surface area (Å²) in [6.45, 7) is 1.96. The lowest BCUT2D eigenvalue weighted by atomic mass is 9.85. The lowest BCUT2D eigenvalue weighted by Crippen LogP contribution is -2.39. The Balaban J connectivity index is 1.96. The topological polar surface area (TPSA) is 12.0 Å². The summed E-state index contributed by atoms with van der Waals surface area (Å²) >= 11 is 5.94. The van der Waals surface area contributed by atoms with Crippen LogP contribution in [-0.2, 0) is 0 Å². The van der Waals surface area contributed by atoms with E-state index in [9.17, 15) is 13.2 Å². The molecule has 1 fully saturated rings. The molecule has 3 unspecified atom stereocenters. The van der Waals surface area contributed by atoms with E-state index in [1.54, 1.807) is 6.07 Å². The minimum Gasteiger partial charge on any atom is -0.307 e. The Labute approximate surface area is 122 Å². The number of benzene rings is 1. The Morgan fingerprint density at radius 1 is 1.30 bits per heavy atom. The highest BCUT2D eigenvalue weighted by Crippen LogP contribution is 2.38. The number of hydrogen-bond acceptors (Lipinski definition) is 1. The first-order valence-corrected chi connectivity index (χ1v) is 7.32. The molecule has 0 spiro atoms. The highest BCUT2D eigenvalue weighted by molar-refractivity contribution is 6.30. The lowest BCUT2D eigenvalue weighted by molar-refractivity contribution is -0.183. The molecule has 1 aliphatic carbocycles. The van der Waals surface area contributed by atoms with Crippen molar-refractivity contribution in [2.75, 3.05) is 0 Å². The molecule has 0 amide bonds. The van der Waals surface area contributed by atoms with Crippen molar-refractivity contribution in [1.82, 2.24) is 5.32 Å². The molecule has 1 aromatic rings. The summed E-state index contributed by atoms with van der Waals surface area (Å²) in [6, 6.07) is 7.36. The highest BCUT2D eigenvalue weighted by atomic mass is 35.5. The Morgan fingerprint density at radius 3 is 2.70 bits per heavy atom. The van der Waals surface area contributed by atoms with Gasteiger partial charge in [-0.25, -0.2) is 0 Å². The predicted molar refractivity (Wildman–Crippen MR) is 74.8 cm³/mol. The van der Waals surface area contributed by atoms with Crippen molar-refractivity contribution < 1.29 is 13.2 Å². The molecule has 112 valence electrons. The van der Waals surface area contributed by atoms with Gasteiger partial charge in [0.15, 0.2) is 0 Å². The van der Waals surface area contributed by atoms with Gasteiger partial charge in [0, 0.05) is 17.1 Å². The quantitative estimate of drug-likeness (QED) is 0.818. The summed E-state index contributed by atoms with van der Waals surface area (Å²) in [7, 11) is 0. The standard InChI is InChI=1S/C15H19ClF3N/c1-10(11-4-2-6-13(16)8-11)20-14-7-3-5-12(9-14)15(17,18)19/h2,4,6,8,10,12,14,20H,3,5,7,9H2,1H3. The van der Waals surface area contributed by atoms with Crippen LogP contribution in [0.25, 0.3) is 0 Å². The second-order valence-electron chi connectivity index (χ2n) is 5.55. The van der Waals surface area contributed by atoms with E-state index in [1.807, 2.05) is 25.1 Å². The van der Waals surface area contributed by atoms with Crippen molar-refractivity contribution in [3.63, 3.8) is 0 Å². The van der Waals surface area contributed by atoms with Crippen LogP contribution in [0.1, 0.15) is 44.2 Å². The molecular formula is C15H19ClF3N. The zero-order valence-corrected chi connectivity index (χ0v) is 12.1. The highest BCUT2D eigenvalue weighted by Gasteiger charge is 2.42. The molecule has 0 heterocycles. The molecule has 1 aromatic carbocycles. The number of rotatable bonds is 3. The van der Waals surface area contributed by atoms with E-state index >= 15 is 0 Å². The van der Waals surface area contributed by atoms with E-state index < -0.39 is 12.1 Å². The van der Waals surface area contributed by atoms with Crippen molar-refractivity contribution in [1.29, 1.82) is 0 Å². The summed E-state index contributed by atoms with van der Waals surface area (Å²) in [4.78, 5) is 0.